The van der Waals surface area contributed by atoms with E-state index in [9.17, 15) is 4.79 Å². The van der Waals surface area contributed by atoms with Crippen LogP contribution in [0, 0.1) is 6.92 Å². The molecule has 6 heteroatoms. The molecule has 0 aliphatic rings. The predicted molar refractivity (Wildman–Crippen MR) is 80.2 cm³/mol. The summed E-state index contributed by atoms with van der Waals surface area (Å²) >= 11 is 4.98. The van der Waals surface area contributed by atoms with Gasteiger partial charge in [-0.3, -0.25) is 9.48 Å². The Kier molecular flexibility index (Phi) is 4.42. The molecule has 0 radical (unpaired) electrons. The zero-order valence-electron chi connectivity index (χ0n) is 11.1. The molecule has 2 aromatic heterocycles. The molecule has 0 saturated heterocycles. The van der Waals surface area contributed by atoms with Crippen molar-refractivity contribution in [3.05, 3.63) is 38.3 Å². The number of carbonyl (C=O) groups is 1. The topological polar surface area (TPSA) is 46.9 Å². The monoisotopic (exact) mass is 341 g/mol. The minimum absolute atomic E-state index is 0.0235. The van der Waals surface area contributed by atoms with E-state index in [0.717, 1.165) is 19.9 Å². The molecule has 4 nitrogen and oxygen atoms in total. The van der Waals surface area contributed by atoms with Gasteiger partial charge in [0.05, 0.1) is 21.9 Å². The fourth-order valence-corrected chi connectivity index (χ4v) is 3.50. The Balaban J connectivity index is 1.97. The summed E-state index contributed by atoms with van der Waals surface area (Å²) in [4.78, 5) is 13.0. The Bertz CT molecular complexity index is 590. The normalized spacial score (nSPS) is 12.4. The maximum Gasteiger partial charge on any atom is 0.225 e. The number of rotatable bonds is 4. The van der Waals surface area contributed by atoms with Crippen LogP contribution in [0.3, 0.4) is 0 Å². The number of halogens is 1. The Hall–Kier alpha value is -1.14. The molecule has 1 amide bonds. The summed E-state index contributed by atoms with van der Waals surface area (Å²) in [7, 11) is 1.88. The summed E-state index contributed by atoms with van der Waals surface area (Å²) in [6, 6.07) is 3.90. The summed E-state index contributed by atoms with van der Waals surface area (Å²) in [6.07, 6.45) is 2.36. The Morgan fingerprint density at radius 2 is 2.32 bits per heavy atom. The molecule has 2 rings (SSSR count). The van der Waals surface area contributed by atoms with Crippen molar-refractivity contribution in [2.24, 2.45) is 7.05 Å². The van der Waals surface area contributed by atoms with Gasteiger partial charge in [-0.1, -0.05) is 0 Å². The molecule has 102 valence electrons. The van der Waals surface area contributed by atoms with Crippen molar-refractivity contribution in [1.82, 2.24) is 15.1 Å². The molecular formula is C13H16BrN3OS. The first-order valence-electron chi connectivity index (χ1n) is 5.99. The van der Waals surface area contributed by atoms with Crippen LogP contribution in [0.5, 0.6) is 0 Å². The largest absolute Gasteiger partial charge is 0.349 e. The van der Waals surface area contributed by atoms with E-state index in [1.165, 1.54) is 0 Å². The van der Waals surface area contributed by atoms with Crippen molar-refractivity contribution >= 4 is 33.2 Å². The quantitative estimate of drug-likeness (QED) is 0.929. The van der Waals surface area contributed by atoms with Crippen molar-refractivity contribution in [2.45, 2.75) is 26.3 Å². The maximum atomic E-state index is 12.0. The van der Waals surface area contributed by atoms with E-state index in [2.05, 4.69) is 26.3 Å². The molecule has 0 saturated carbocycles. The molecule has 0 aromatic carbocycles. The highest BCUT2D eigenvalue weighted by Gasteiger charge is 2.15. The maximum absolute atomic E-state index is 12.0. The molecule has 19 heavy (non-hydrogen) atoms. The zero-order chi connectivity index (χ0) is 14.0. The molecule has 0 bridgehead atoms. The average molecular weight is 342 g/mol. The molecule has 1 atom stereocenters. The lowest BCUT2D eigenvalue weighted by molar-refractivity contribution is -0.121. The number of aromatic nitrogens is 2. The van der Waals surface area contributed by atoms with Crippen molar-refractivity contribution in [3.8, 4) is 0 Å². The lowest BCUT2D eigenvalue weighted by atomic mass is 10.1. The van der Waals surface area contributed by atoms with E-state index in [1.54, 1.807) is 16.0 Å². The molecule has 0 aliphatic carbocycles. The fraction of sp³-hybridized carbons (Fsp3) is 0.385. The molecule has 1 N–H and O–H groups in total. The third-order valence-corrected chi connectivity index (χ3v) is 4.48. The third-order valence-electron chi connectivity index (χ3n) is 2.86. The lowest BCUT2D eigenvalue weighted by Gasteiger charge is -2.12. The van der Waals surface area contributed by atoms with E-state index in [0.29, 0.717) is 6.42 Å². The minimum atomic E-state index is -0.0235. The van der Waals surface area contributed by atoms with Crippen LogP contribution in [0.15, 0.2) is 22.1 Å². The van der Waals surface area contributed by atoms with E-state index in [-0.39, 0.29) is 11.9 Å². The van der Waals surface area contributed by atoms with Crippen LogP contribution in [-0.2, 0) is 18.3 Å². The van der Waals surface area contributed by atoms with Crippen LogP contribution in [0.2, 0.25) is 0 Å². The summed E-state index contributed by atoms with van der Waals surface area (Å²) in [5.41, 5.74) is 2.01. The first-order valence-corrected chi connectivity index (χ1v) is 7.60. The number of nitrogens with one attached hydrogen (secondary N) is 1. The summed E-state index contributed by atoms with van der Waals surface area (Å²) in [5, 5.41) is 7.30. The van der Waals surface area contributed by atoms with Gasteiger partial charge in [0.2, 0.25) is 5.91 Å². The minimum Gasteiger partial charge on any atom is -0.349 e. The number of nitrogens with zero attached hydrogens (tertiary/aromatic N) is 2. The fourth-order valence-electron chi connectivity index (χ4n) is 2.02. The van der Waals surface area contributed by atoms with E-state index >= 15 is 0 Å². The van der Waals surface area contributed by atoms with Gasteiger partial charge < -0.3 is 5.32 Å². The van der Waals surface area contributed by atoms with E-state index in [1.807, 2.05) is 39.2 Å². The van der Waals surface area contributed by atoms with Gasteiger partial charge in [-0.2, -0.15) is 5.10 Å². The summed E-state index contributed by atoms with van der Waals surface area (Å²) in [5.74, 6) is 0.0325. The molecule has 0 aliphatic heterocycles. The number of aryl methyl sites for hydroxylation is 2. The van der Waals surface area contributed by atoms with Gasteiger partial charge in [-0.15, -0.1) is 11.3 Å². The summed E-state index contributed by atoms with van der Waals surface area (Å²) < 4.78 is 2.82. The second-order valence-electron chi connectivity index (χ2n) is 4.52. The van der Waals surface area contributed by atoms with Gasteiger partial charge >= 0.3 is 0 Å². The number of amides is 1. The second-order valence-corrected chi connectivity index (χ2v) is 7.06. The van der Waals surface area contributed by atoms with Crippen LogP contribution in [0.1, 0.15) is 29.1 Å². The van der Waals surface area contributed by atoms with Gasteiger partial charge in [0.25, 0.3) is 0 Å². The molecule has 0 spiro atoms. The lowest BCUT2D eigenvalue weighted by Crippen LogP contribution is -2.28. The first kappa shape index (κ1) is 14.3. The SMILES string of the molecule is Cc1nn(C)cc1[C@@H](C)NC(=O)Cc1ccc(Br)s1. The molecule has 2 aromatic rings. The Morgan fingerprint density at radius 1 is 1.58 bits per heavy atom. The van der Waals surface area contributed by atoms with Crippen LogP contribution in [0.25, 0.3) is 0 Å². The van der Waals surface area contributed by atoms with Crippen LogP contribution >= 0.6 is 27.3 Å². The first-order chi connectivity index (χ1) is 8.95. The number of carbonyl (C=O) groups excluding carboxylic acids is 1. The highest BCUT2D eigenvalue weighted by atomic mass is 79.9. The van der Waals surface area contributed by atoms with Crippen LogP contribution in [0.4, 0.5) is 0 Å². The highest BCUT2D eigenvalue weighted by Crippen LogP contribution is 2.22. The zero-order valence-corrected chi connectivity index (χ0v) is 13.5. The van der Waals surface area contributed by atoms with Gasteiger partial charge in [0.1, 0.15) is 0 Å². The molecular weight excluding hydrogens is 326 g/mol. The average Bonchev–Trinajstić information content (AvgIpc) is 2.84. The van der Waals surface area contributed by atoms with Gasteiger partial charge in [0.15, 0.2) is 0 Å². The molecule has 2 heterocycles. The van der Waals surface area contributed by atoms with E-state index < -0.39 is 0 Å². The smallest absolute Gasteiger partial charge is 0.225 e. The van der Waals surface area contributed by atoms with Gasteiger partial charge in [-0.25, -0.2) is 0 Å². The van der Waals surface area contributed by atoms with Gasteiger partial charge in [0, 0.05) is 23.7 Å². The molecule has 0 unspecified atom stereocenters. The number of hydrogen-bond donors (Lipinski definition) is 1. The van der Waals surface area contributed by atoms with Crippen molar-refractivity contribution < 1.29 is 4.79 Å². The summed E-state index contributed by atoms with van der Waals surface area (Å²) in [6.45, 7) is 3.93. The Labute approximate surface area is 125 Å². The standard InChI is InChI=1S/C13H16BrN3OS/c1-8(11-7-17(3)16-9(11)2)15-13(18)6-10-4-5-12(14)19-10/h4-5,7-8H,6H2,1-3H3,(H,15,18)/t8-/m1/s1. The van der Waals surface area contributed by atoms with Crippen molar-refractivity contribution in [3.63, 3.8) is 0 Å². The van der Waals surface area contributed by atoms with Gasteiger partial charge in [-0.05, 0) is 41.9 Å². The van der Waals surface area contributed by atoms with Crippen molar-refractivity contribution in [1.29, 1.82) is 0 Å². The van der Waals surface area contributed by atoms with E-state index in [4.69, 9.17) is 0 Å². The number of hydrogen-bond acceptors (Lipinski definition) is 3. The van der Waals surface area contributed by atoms with Crippen LogP contribution < -0.4 is 5.32 Å². The molecule has 0 fully saturated rings. The van der Waals surface area contributed by atoms with Crippen LogP contribution in [-0.4, -0.2) is 15.7 Å². The van der Waals surface area contributed by atoms with Crippen molar-refractivity contribution in [2.75, 3.05) is 0 Å². The Morgan fingerprint density at radius 3 is 2.84 bits per heavy atom. The predicted octanol–water partition coefficient (Wildman–Crippen LogP) is 2.97. The number of thiophene rings is 1. The third kappa shape index (κ3) is 3.67. The highest BCUT2D eigenvalue weighted by molar-refractivity contribution is 9.11. The second kappa shape index (κ2) is 5.88.